The van der Waals surface area contributed by atoms with Crippen molar-refractivity contribution >= 4 is 62.6 Å². The van der Waals surface area contributed by atoms with E-state index in [0.29, 0.717) is 54.2 Å². The van der Waals surface area contributed by atoms with Gasteiger partial charge in [-0.3, -0.25) is 19.2 Å². The summed E-state index contributed by atoms with van der Waals surface area (Å²) in [6.45, 7) is 0.459. The van der Waals surface area contributed by atoms with Gasteiger partial charge in [-0.1, -0.05) is 0 Å². The number of aromatic nitrogens is 1. The number of nitrogens with zero attached hydrogens (tertiary/aromatic N) is 2. The highest BCUT2D eigenvalue weighted by molar-refractivity contribution is 7.98. The second-order valence-corrected chi connectivity index (χ2v) is 10.6. The molecule has 1 aromatic heterocycles. The van der Waals surface area contributed by atoms with Crippen LogP contribution in [0.5, 0.6) is 0 Å². The molecular formula is C25H35N7O5S2. The van der Waals surface area contributed by atoms with Crippen molar-refractivity contribution in [1.29, 1.82) is 5.26 Å². The maximum Gasteiger partial charge on any atom is 0.246 e. The number of fused-ring (bicyclic) bond motifs is 1. The van der Waals surface area contributed by atoms with E-state index in [1.54, 1.807) is 18.2 Å². The second-order valence-electron chi connectivity index (χ2n) is 8.58. The molecule has 2 rings (SSSR count). The molecule has 6 N–H and O–H groups in total. The number of unbranched alkanes of at least 4 members (excludes halogenated alkanes) is 1. The van der Waals surface area contributed by atoms with Crippen molar-refractivity contribution in [3.8, 4) is 6.07 Å². The van der Waals surface area contributed by atoms with Crippen molar-refractivity contribution in [2.24, 2.45) is 5.73 Å². The van der Waals surface area contributed by atoms with E-state index in [-0.39, 0.29) is 25.5 Å². The van der Waals surface area contributed by atoms with E-state index < -0.39 is 29.8 Å². The number of anilines is 1. The van der Waals surface area contributed by atoms with E-state index in [1.807, 2.05) is 12.3 Å². The first kappa shape index (κ1) is 32.0. The SMILES string of the molecule is COCC(=O)NCCC(=O)N[C@@H](CCSC)C(=O)N[C@@H](CCCCN)C(=O)Nc1ccc2nc(C#N)sc2c1. The molecule has 2 aromatic rings. The van der Waals surface area contributed by atoms with Gasteiger partial charge in [-0.15, -0.1) is 11.3 Å². The Morgan fingerprint density at radius 1 is 1.13 bits per heavy atom. The summed E-state index contributed by atoms with van der Waals surface area (Å²) in [5.74, 6) is -0.987. The molecule has 212 valence electrons. The van der Waals surface area contributed by atoms with E-state index in [1.165, 1.54) is 30.2 Å². The van der Waals surface area contributed by atoms with Gasteiger partial charge in [0.2, 0.25) is 23.6 Å². The van der Waals surface area contributed by atoms with Crippen molar-refractivity contribution < 1.29 is 23.9 Å². The van der Waals surface area contributed by atoms with Gasteiger partial charge in [-0.25, -0.2) is 4.98 Å². The predicted octanol–water partition coefficient (Wildman–Crippen LogP) is 1.11. The van der Waals surface area contributed by atoms with Crippen molar-refractivity contribution in [2.75, 3.05) is 44.1 Å². The third kappa shape index (κ3) is 11.2. The number of nitriles is 1. The van der Waals surface area contributed by atoms with Crippen LogP contribution in [0.25, 0.3) is 10.2 Å². The first-order valence-corrected chi connectivity index (χ1v) is 14.7. The standard InChI is InChI=1S/C25H35N7O5S2/c1-37-15-22(34)28-11-8-21(33)30-19(9-12-38-2)25(36)32-18(5-3-4-10-26)24(35)29-16-6-7-17-20(13-16)39-23(14-27)31-17/h6-7,13,18-19H,3-5,8-12,15,26H2,1-2H3,(H,28,34)(H,29,35)(H,30,33)(H,32,36)/t18-,19-/m0/s1. The number of thioether (sulfide) groups is 1. The number of rotatable bonds is 17. The number of thiazole rings is 1. The molecule has 0 radical (unpaired) electrons. The lowest BCUT2D eigenvalue weighted by molar-refractivity contribution is -0.131. The maximum absolute atomic E-state index is 13.2. The van der Waals surface area contributed by atoms with Gasteiger partial charge >= 0.3 is 0 Å². The van der Waals surface area contributed by atoms with Crippen LogP contribution in [-0.2, 0) is 23.9 Å². The van der Waals surface area contributed by atoms with E-state index in [0.717, 1.165) is 4.70 Å². The van der Waals surface area contributed by atoms with Gasteiger partial charge in [-0.05, 0) is 62.4 Å². The third-order valence-corrected chi connectivity index (χ3v) is 7.11. The summed E-state index contributed by atoms with van der Waals surface area (Å²) in [6, 6.07) is 5.46. The lowest BCUT2D eigenvalue weighted by Gasteiger charge is -2.23. The highest BCUT2D eigenvalue weighted by Gasteiger charge is 2.26. The lowest BCUT2D eigenvalue weighted by atomic mass is 10.1. The fraction of sp³-hybridized carbons (Fsp3) is 0.520. The Balaban J connectivity index is 2.06. The van der Waals surface area contributed by atoms with Crippen LogP contribution in [0.4, 0.5) is 5.69 Å². The Kier molecular flexibility index (Phi) is 14.2. The van der Waals surface area contributed by atoms with Crippen LogP contribution in [0.1, 0.15) is 37.1 Å². The van der Waals surface area contributed by atoms with Crippen LogP contribution in [0, 0.1) is 11.3 Å². The molecule has 39 heavy (non-hydrogen) atoms. The molecule has 1 heterocycles. The van der Waals surface area contributed by atoms with Gasteiger partial charge in [0.05, 0.1) is 10.2 Å². The number of carbonyl (C=O) groups is 4. The van der Waals surface area contributed by atoms with Gasteiger partial charge in [0.1, 0.15) is 24.8 Å². The minimum Gasteiger partial charge on any atom is -0.375 e. The smallest absolute Gasteiger partial charge is 0.246 e. The molecule has 0 aliphatic rings. The number of hydrogen-bond acceptors (Lipinski definition) is 10. The zero-order valence-corrected chi connectivity index (χ0v) is 23.7. The summed E-state index contributed by atoms with van der Waals surface area (Å²) < 4.78 is 5.49. The van der Waals surface area contributed by atoms with Gasteiger partial charge < -0.3 is 31.7 Å². The molecule has 4 amide bonds. The molecule has 1 aromatic carbocycles. The number of methoxy groups -OCH3 is 1. The summed E-state index contributed by atoms with van der Waals surface area (Å²) in [6.07, 6.45) is 3.93. The largest absolute Gasteiger partial charge is 0.375 e. The molecule has 0 spiro atoms. The van der Waals surface area contributed by atoms with Crippen LogP contribution in [0.2, 0.25) is 0 Å². The molecule has 0 bridgehead atoms. The zero-order valence-electron chi connectivity index (χ0n) is 22.1. The van der Waals surface area contributed by atoms with Gasteiger partial charge in [0.25, 0.3) is 0 Å². The van der Waals surface area contributed by atoms with Crippen LogP contribution >= 0.6 is 23.1 Å². The topological polar surface area (TPSA) is 188 Å². The second kappa shape index (κ2) is 17.4. The average Bonchev–Trinajstić information content (AvgIpc) is 3.33. The quantitative estimate of drug-likeness (QED) is 0.172. The minimum atomic E-state index is -0.849. The molecule has 0 unspecified atom stereocenters. The number of nitrogens with one attached hydrogen (secondary N) is 4. The summed E-state index contributed by atoms with van der Waals surface area (Å²) in [5, 5.41) is 20.3. The zero-order chi connectivity index (χ0) is 28.6. The van der Waals surface area contributed by atoms with Crippen molar-refractivity contribution in [3.05, 3.63) is 23.2 Å². The number of benzene rings is 1. The fourth-order valence-electron chi connectivity index (χ4n) is 3.58. The monoisotopic (exact) mass is 577 g/mol. The number of ether oxygens (including phenoxy) is 1. The van der Waals surface area contributed by atoms with Gasteiger partial charge in [-0.2, -0.15) is 17.0 Å². The Labute approximate surface area is 235 Å². The fourth-order valence-corrected chi connectivity index (χ4v) is 4.86. The van der Waals surface area contributed by atoms with Crippen molar-refractivity contribution in [3.63, 3.8) is 0 Å². The Morgan fingerprint density at radius 3 is 2.59 bits per heavy atom. The highest BCUT2D eigenvalue weighted by atomic mass is 32.2. The Morgan fingerprint density at radius 2 is 1.90 bits per heavy atom. The van der Waals surface area contributed by atoms with Crippen LogP contribution in [0.15, 0.2) is 18.2 Å². The molecule has 2 atom stereocenters. The van der Waals surface area contributed by atoms with E-state index in [4.69, 9.17) is 15.7 Å². The molecule has 0 fully saturated rings. The average molecular weight is 578 g/mol. The van der Waals surface area contributed by atoms with Crippen molar-refractivity contribution in [2.45, 2.75) is 44.2 Å². The summed E-state index contributed by atoms with van der Waals surface area (Å²) in [5.41, 5.74) is 6.79. The van der Waals surface area contributed by atoms with Crippen LogP contribution < -0.4 is 27.0 Å². The number of nitrogens with two attached hydrogens (primary N) is 1. The molecule has 0 aliphatic carbocycles. The van der Waals surface area contributed by atoms with E-state index in [2.05, 4.69) is 26.3 Å². The summed E-state index contributed by atoms with van der Waals surface area (Å²) in [4.78, 5) is 54.6. The van der Waals surface area contributed by atoms with E-state index >= 15 is 0 Å². The van der Waals surface area contributed by atoms with Gasteiger partial charge in [0.15, 0.2) is 5.01 Å². The van der Waals surface area contributed by atoms with Gasteiger partial charge in [0, 0.05) is 25.8 Å². The normalized spacial score (nSPS) is 12.3. The van der Waals surface area contributed by atoms with Crippen LogP contribution in [-0.4, -0.2) is 79.5 Å². The Bertz CT molecular complexity index is 1170. The molecule has 0 saturated heterocycles. The number of hydrogen-bond donors (Lipinski definition) is 5. The third-order valence-electron chi connectivity index (χ3n) is 5.54. The van der Waals surface area contributed by atoms with Crippen LogP contribution in [0.3, 0.4) is 0 Å². The minimum absolute atomic E-state index is 0.00745. The number of amides is 4. The van der Waals surface area contributed by atoms with Crippen molar-refractivity contribution in [1.82, 2.24) is 20.9 Å². The first-order valence-electron chi connectivity index (χ1n) is 12.5. The highest BCUT2D eigenvalue weighted by Crippen LogP contribution is 2.25. The maximum atomic E-state index is 13.2. The van der Waals surface area contributed by atoms with E-state index in [9.17, 15) is 19.2 Å². The lowest BCUT2D eigenvalue weighted by Crippen LogP contribution is -2.53. The predicted molar refractivity (Wildman–Crippen MR) is 152 cm³/mol. The first-order chi connectivity index (χ1) is 18.8. The summed E-state index contributed by atoms with van der Waals surface area (Å²) >= 11 is 2.75. The molecule has 0 saturated carbocycles. The summed E-state index contributed by atoms with van der Waals surface area (Å²) in [7, 11) is 1.40. The molecule has 0 aliphatic heterocycles. The Hall–Kier alpha value is -3.25. The number of carbonyl (C=O) groups excluding carboxylic acids is 4. The molecule has 12 nitrogen and oxygen atoms in total. The molecular weight excluding hydrogens is 542 g/mol. The molecule has 14 heteroatoms.